The summed E-state index contributed by atoms with van der Waals surface area (Å²) in [6.45, 7) is 5.48. The van der Waals surface area contributed by atoms with Gasteiger partial charge in [-0.05, 0) is 19.1 Å². The average Bonchev–Trinajstić information content (AvgIpc) is 2.99. The first-order chi connectivity index (χ1) is 11.5. The molecule has 8 heteroatoms. The molecule has 1 saturated heterocycles. The van der Waals surface area contributed by atoms with Gasteiger partial charge in [0.15, 0.2) is 5.82 Å². The predicted molar refractivity (Wildman–Crippen MR) is 86.9 cm³/mol. The van der Waals surface area contributed by atoms with Crippen molar-refractivity contribution in [2.24, 2.45) is 0 Å². The molecule has 126 valence electrons. The topological polar surface area (TPSA) is 91.6 Å². The molecule has 0 spiro atoms. The SMILES string of the molecule is CC(=O)N1CCN(C(=O)c2cc(Nc3cc(C)on3)ccn2)CC1. The molecule has 1 aliphatic heterocycles. The number of carbonyl (C=O) groups excluding carboxylic acids is 2. The van der Waals surface area contributed by atoms with Gasteiger partial charge < -0.3 is 19.6 Å². The standard InChI is InChI=1S/C16H19N5O3/c1-11-9-15(19-24-11)18-13-3-4-17-14(10-13)16(23)21-7-5-20(6-8-21)12(2)22/h3-4,9-10H,5-8H2,1-2H3,(H,17,18,19). The highest BCUT2D eigenvalue weighted by atomic mass is 16.5. The van der Waals surface area contributed by atoms with Crippen molar-refractivity contribution < 1.29 is 14.1 Å². The van der Waals surface area contributed by atoms with Gasteiger partial charge in [-0.15, -0.1) is 0 Å². The Morgan fingerprint density at radius 3 is 2.50 bits per heavy atom. The van der Waals surface area contributed by atoms with E-state index in [9.17, 15) is 9.59 Å². The third-order valence-corrected chi connectivity index (χ3v) is 3.89. The van der Waals surface area contributed by atoms with E-state index in [1.165, 1.54) is 0 Å². The minimum Gasteiger partial charge on any atom is -0.360 e. The lowest BCUT2D eigenvalue weighted by molar-refractivity contribution is -0.130. The molecule has 2 aromatic rings. The van der Waals surface area contributed by atoms with Crippen molar-refractivity contribution in [2.45, 2.75) is 13.8 Å². The molecule has 0 aliphatic carbocycles. The summed E-state index contributed by atoms with van der Waals surface area (Å²) in [5, 5.41) is 6.94. The number of aryl methyl sites for hydroxylation is 1. The lowest BCUT2D eigenvalue weighted by Gasteiger charge is -2.34. The lowest BCUT2D eigenvalue weighted by Crippen LogP contribution is -2.50. The van der Waals surface area contributed by atoms with Crippen molar-refractivity contribution in [3.05, 3.63) is 35.9 Å². The molecular formula is C16H19N5O3. The number of pyridine rings is 1. The molecular weight excluding hydrogens is 310 g/mol. The maximum atomic E-state index is 12.6. The summed E-state index contributed by atoms with van der Waals surface area (Å²) in [6.07, 6.45) is 1.58. The highest BCUT2D eigenvalue weighted by molar-refractivity contribution is 5.93. The quantitative estimate of drug-likeness (QED) is 0.916. The fourth-order valence-electron chi connectivity index (χ4n) is 2.58. The normalized spacial score (nSPS) is 14.6. The molecule has 0 aromatic carbocycles. The van der Waals surface area contributed by atoms with Crippen molar-refractivity contribution in [1.82, 2.24) is 19.9 Å². The molecule has 3 rings (SSSR count). The number of rotatable bonds is 3. The second kappa shape index (κ2) is 6.69. The molecule has 0 bridgehead atoms. The van der Waals surface area contributed by atoms with Crippen LogP contribution in [-0.2, 0) is 4.79 Å². The van der Waals surface area contributed by atoms with Gasteiger partial charge in [0.2, 0.25) is 5.91 Å². The summed E-state index contributed by atoms with van der Waals surface area (Å²) in [5.74, 6) is 1.17. The zero-order valence-corrected chi connectivity index (χ0v) is 13.7. The van der Waals surface area contributed by atoms with E-state index in [1.54, 1.807) is 48.0 Å². The number of nitrogens with one attached hydrogen (secondary N) is 1. The Bertz CT molecular complexity index is 750. The van der Waals surface area contributed by atoms with Crippen LogP contribution in [0.4, 0.5) is 11.5 Å². The third-order valence-electron chi connectivity index (χ3n) is 3.89. The summed E-state index contributed by atoms with van der Waals surface area (Å²) >= 11 is 0. The number of nitrogens with zero attached hydrogens (tertiary/aromatic N) is 4. The molecule has 1 aliphatic rings. The summed E-state index contributed by atoms with van der Waals surface area (Å²) in [6, 6.07) is 5.21. The molecule has 0 saturated carbocycles. The average molecular weight is 329 g/mol. The van der Waals surface area contributed by atoms with Crippen LogP contribution < -0.4 is 5.32 Å². The van der Waals surface area contributed by atoms with E-state index in [0.717, 1.165) is 0 Å². The van der Waals surface area contributed by atoms with E-state index in [0.29, 0.717) is 49.1 Å². The fraction of sp³-hybridized carbons (Fsp3) is 0.375. The Balaban J connectivity index is 1.67. The van der Waals surface area contributed by atoms with Crippen LogP contribution >= 0.6 is 0 Å². The number of aromatic nitrogens is 2. The van der Waals surface area contributed by atoms with Gasteiger partial charge in [-0.25, -0.2) is 0 Å². The number of amides is 2. The van der Waals surface area contributed by atoms with Gasteiger partial charge in [-0.1, -0.05) is 5.16 Å². The van der Waals surface area contributed by atoms with Crippen LogP contribution in [0.3, 0.4) is 0 Å². The van der Waals surface area contributed by atoms with Crippen molar-refractivity contribution in [3.63, 3.8) is 0 Å². The fourth-order valence-corrected chi connectivity index (χ4v) is 2.58. The van der Waals surface area contributed by atoms with E-state index in [1.807, 2.05) is 0 Å². The first kappa shape index (κ1) is 16.0. The maximum Gasteiger partial charge on any atom is 0.272 e. The van der Waals surface area contributed by atoms with Gasteiger partial charge in [-0.3, -0.25) is 14.6 Å². The van der Waals surface area contributed by atoms with Gasteiger partial charge in [-0.2, -0.15) is 0 Å². The maximum absolute atomic E-state index is 12.6. The minimum absolute atomic E-state index is 0.0364. The van der Waals surface area contributed by atoms with Crippen LogP contribution in [0.2, 0.25) is 0 Å². The molecule has 0 atom stereocenters. The van der Waals surface area contributed by atoms with Gasteiger partial charge >= 0.3 is 0 Å². The van der Waals surface area contributed by atoms with E-state index in [4.69, 9.17) is 4.52 Å². The van der Waals surface area contributed by atoms with Crippen LogP contribution in [0.1, 0.15) is 23.2 Å². The highest BCUT2D eigenvalue weighted by Gasteiger charge is 2.24. The molecule has 2 amide bonds. The van der Waals surface area contributed by atoms with Gasteiger partial charge in [0.05, 0.1) is 0 Å². The lowest BCUT2D eigenvalue weighted by atomic mass is 10.2. The highest BCUT2D eigenvalue weighted by Crippen LogP contribution is 2.17. The number of piperazine rings is 1. The summed E-state index contributed by atoms with van der Waals surface area (Å²) in [7, 11) is 0. The van der Waals surface area contributed by atoms with Gasteiger partial charge in [0.1, 0.15) is 11.5 Å². The Morgan fingerprint density at radius 1 is 1.17 bits per heavy atom. The number of hydrogen-bond acceptors (Lipinski definition) is 6. The molecule has 24 heavy (non-hydrogen) atoms. The second-order valence-corrected chi connectivity index (χ2v) is 5.68. The smallest absolute Gasteiger partial charge is 0.272 e. The van der Waals surface area contributed by atoms with E-state index in [2.05, 4.69) is 15.5 Å². The number of carbonyl (C=O) groups is 2. The van der Waals surface area contributed by atoms with Crippen LogP contribution in [0, 0.1) is 6.92 Å². The van der Waals surface area contributed by atoms with E-state index in [-0.39, 0.29) is 11.8 Å². The zero-order valence-electron chi connectivity index (χ0n) is 13.7. The van der Waals surface area contributed by atoms with Gasteiger partial charge in [0, 0.05) is 51.1 Å². The molecule has 3 heterocycles. The van der Waals surface area contributed by atoms with Crippen molar-refractivity contribution in [2.75, 3.05) is 31.5 Å². The second-order valence-electron chi connectivity index (χ2n) is 5.68. The summed E-state index contributed by atoms with van der Waals surface area (Å²) in [4.78, 5) is 31.5. The van der Waals surface area contributed by atoms with Crippen molar-refractivity contribution in [1.29, 1.82) is 0 Å². The van der Waals surface area contributed by atoms with Crippen LogP contribution in [0.5, 0.6) is 0 Å². The minimum atomic E-state index is -0.141. The molecule has 8 nitrogen and oxygen atoms in total. The first-order valence-electron chi connectivity index (χ1n) is 7.74. The van der Waals surface area contributed by atoms with Crippen LogP contribution in [0.15, 0.2) is 28.9 Å². The molecule has 1 N–H and O–H groups in total. The largest absolute Gasteiger partial charge is 0.360 e. The Kier molecular flexibility index (Phi) is 4.45. The molecule has 1 fully saturated rings. The monoisotopic (exact) mass is 329 g/mol. The predicted octanol–water partition coefficient (Wildman–Crippen LogP) is 1.43. The zero-order chi connectivity index (χ0) is 17.1. The molecule has 0 radical (unpaired) electrons. The van der Waals surface area contributed by atoms with Crippen LogP contribution in [0.25, 0.3) is 0 Å². The number of anilines is 2. The van der Waals surface area contributed by atoms with Crippen molar-refractivity contribution >= 4 is 23.3 Å². The Morgan fingerprint density at radius 2 is 1.88 bits per heavy atom. The first-order valence-corrected chi connectivity index (χ1v) is 7.74. The third kappa shape index (κ3) is 3.53. The van der Waals surface area contributed by atoms with Gasteiger partial charge in [0.25, 0.3) is 5.91 Å². The van der Waals surface area contributed by atoms with E-state index >= 15 is 0 Å². The van der Waals surface area contributed by atoms with Crippen LogP contribution in [-0.4, -0.2) is 57.9 Å². The van der Waals surface area contributed by atoms with E-state index < -0.39 is 0 Å². The van der Waals surface area contributed by atoms with Crippen molar-refractivity contribution in [3.8, 4) is 0 Å². The molecule has 2 aromatic heterocycles. The Labute approximate surface area is 139 Å². The summed E-state index contributed by atoms with van der Waals surface area (Å²) < 4.78 is 5.00. The molecule has 0 unspecified atom stereocenters. The number of hydrogen-bond donors (Lipinski definition) is 1. The Hall–Kier alpha value is -2.90. The summed E-state index contributed by atoms with van der Waals surface area (Å²) in [5.41, 5.74) is 1.07.